The third-order valence-corrected chi connectivity index (χ3v) is 3.28. The summed E-state index contributed by atoms with van der Waals surface area (Å²) in [6.07, 6.45) is -0.929. The first-order valence-corrected chi connectivity index (χ1v) is 6.74. The predicted octanol–water partition coefficient (Wildman–Crippen LogP) is 1.57. The lowest BCUT2D eigenvalue weighted by atomic mass is 10.1. The van der Waals surface area contributed by atoms with Gasteiger partial charge in [-0.1, -0.05) is 0 Å². The van der Waals surface area contributed by atoms with Gasteiger partial charge in [0.15, 0.2) is 0 Å². The van der Waals surface area contributed by atoms with Gasteiger partial charge in [0.05, 0.1) is 4.47 Å². The maximum atomic E-state index is 11.5. The van der Waals surface area contributed by atoms with Crippen LogP contribution in [-0.2, 0) is 16.1 Å². The number of fused-ring (bicyclic) bond motifs is 1. The first-order valence-electron chi connectivity index (χ1n) is 5.94. The van der Waals surface area contributed by atoms with Gasteiger partial charge < -0.3 is 24.7 Å². The Bertz CT molecular complexity index is 799. The molecule has 9 heteroatoms. The number of carbonyl (C=O) groups is 2. The van der Waals surface area contributed by atoms with Gasteiger partial charge in [-0.15, -0.1) is 0 Å². The number of hydrogen-bond acceptors (Lipinski definition) is 6. The minimum Gasteiger partial charge on any atom is -0.507 e. The molecular formula is C13H10BrNO7. The highest BCUT2D eigenvalue weighted by Gasteiger charge is 2.12. The van der Waals surface area contributed by atoms with Crippen molar-refractivity contribution in [3.63, 3.8) is 0 Å². The summed E-state index contributed by atoms with van der Waals surface area (Å²) >= 11 is 3.13. The molecule has 0 bridgehead atoms. The number of carboxylic acid groups (broad SMARTS) is 1. The van der Waals surface area contributed by atoms with Gasteiger partial charge in [0.1, 0.15) is 24.5 Å². The highest BCUT2D eigenvalue weighted by molar-refractivity contribution is 9.10. The van der Waals surface area contributed by atoms with E-state index < -0.39 is 24.2 Å². The molecule has 1 amide bonds. The summed E-state index contributed by atoms with van der Waals surface area (Å²) in [6, 6.07) is 3.92. The highest BCUT2D eigenvalue weighted by Crippen LogP contribution is 2.30. The first-order chi connectivity index (χ1) is 10.4. The zero-order valence-corrected chi connectivity index (χ0v) is 12.5. The van der Waals surface area contributed by atoms with Gasteiger partial charge in [-0.25, -0.2) is 9.59 Å². The number of ether oxygens (including phenoxy) is 1. The van der Waals surface area contributed by atoms with Crippen LogP contribution in [0.4, 0.5) is 4.79 Å². The molecule has 0 aliphatic heterocycles. The molecule has 0 unspecified atom stereocenters. The number of amides is 1. The molecule has 0 aliphatic rings. The Labute approximate surface area is 131 Å². The fourth-order valence-corrected chi connectivity index (χ4v) is 2.04. The molecule has 8 nitrogen and oxygen atoms in total. The van der Waals surface area contributed by atoms with Crippen LogP contribution in [0.3, 0.4) is 0 Å². The summed E-state index contributed by atoms with van der Waals surface area (Å²) in [5.74, 6) is -1.31. The van der Waals surface area contributed by atoms with E-state index in [1.54, 1.807) is 0 Å². The average molecular weight is 372 g/mol. The van der Waals surface area contributed by atoms with Crippen LogP contribution in [0.5, 0.6) is 5.75 Å². The molecule has 0 fully saturated rings. The van der Waals surface area contributed by atoms with Crippen LogP contribution >= 0.6 is 15.9 Å². The average Bonchev–Trinajstić information content (AvgIpc) is 2.44. The van der Waals surface area contributed by atoms with Gasteiger partial charge in [-0.2, -0.15) is 0 Å². The lowest BCUT2D eigenvalue weighted by Crippen LogP contribution is -2.29. The van der Waals surface area contributed by atoms with E-state index in [9.17, 15) is 19.5 Å². The number of benzene rings is 1. The minimum atomic E-state index is -1.21. The highest BCUT2D eigenvalue weighted by atomic mass is 79.9. The zero-order chi connectivity index (χ0) is 16.3. The normalized spacial score (nSPS) is 10.4. The smallest absolute Gasteiger partial charge is 0.407 e. The Morgan fingerprint density at radius 2 is 2.05 bits per heavy atom. The van der Waals surface area contributed by atoms with Crippen molar-refractivity contribution >= 4 is 39.0 Å². The molecule has 1 aromatic heterocycles. The molecule has 0 radical (unpaired) electrons. The molecular weight excluding hydrogens is 362 g/mol. The number of halogens is 1. The minimum absolute atomic E-state index is 0.104. The van der Waals surface area contributed by atoms with Crippen LogP contribution in [0, 0.1) is 0 Å². The second-order valence-corrected chi connectivity index (χ2v) is 5.07. The number of phenols is 1. The van der Waals surface area contributed by atoms with Crippen molar-refractivity contribution in [3.8, 4) is 5.75 Å². The number of nitrogens with one attached hydrogen (secondary N) is 1. The first kappa shape index (κ1) is 15.8. The number of carboxylic acids is 1. The van der Waals surface area contributed by atoms with Crippen molar-refractivity contribution in [2.24, 2.45) is 0 Å². The number of hydrogen-bond donors (Lipinski definition) is 3. The number of aromatic hydroxyl groups is 1. The Morgan fingerprint density at radius 3 is 2.73 bits per heavy atom. The largest absolute Gasteiger partial charge is 0.507 e. The Hall–Kier alpha value is -2.55. The van der Waals surface area contributed by atoms with Crippen molar-refractivity contribution in [1.29, 1.82) is 0 Å². The SMILES string of the molecule is O=C(O)CNC(=O)OCc1cc(=O)oc2cc(O)c(Br)cc12. The molecule has 0 atom stereocenters. The van der Waals surface area contributed by atoms with Gasteiger partial charge in [0.2, 0.25) is 0 Å². The standard InChI is InChI=1S/C13H10BrNO7/c14-8-2-7-6(5-21-13(20)15-4-11(17)18)1-12(19)22-10(7)3-9(8)16/h1-3,16H,4-5H2,(H,15,20)(H,17,18). The second-order valence-electron chi connectivity index (χ2n) is 4.21. The van der Waals surface area contributed by atoms with Crippen molar-refractivity contribution in [2.45, 2.75) is 6.61 Å². The van der Waals surface area contributed by atoms with Crippen LogP contribution in [0.2, 0.25) is 0 Å². The fourth-order valence-electron chi connectivity index (χ4n) is 1.70. The molecule has 0 aliphatic carbocycles. The van der Waals surface area contributed by atoms with Crippen LogP contribution in [0.1, 0.15) is 5.56 Å². The summed E-state index contributed by atoms with van der Waals surface area (Å²) < 4.78 is 10.2. The van der Waals surface area contributed by atoms with E-state index in [2.05, 4.69) is 15.9 Å². The Morgan fingerprint density at radius 1 is 1.32 bits per heavy atom. The monoisotopic (exact) mass is 371 g/mol. The van der Waals surface area contributed by atoms with Crippen LogP contribution in [0.25, 0.3) is 11.0 Å². The van der Waals surface area contributed by atoms with E-state index in [0.717, 1.165) is 6.07 Å². The van der Waals surface area contributed by atoms with Gasteiger partial charge >= 0.3 is 17.7 Å². The van der Waals surface area contributed by atoms with E-state index in [1.165, 1.54) is 12.1 Å². The van der Waals surface area contributed by atoms with E-state index in [1.807, 2.05) is 5.32 Å². The van der Waals surface area contributed by atoms with Gasteiger partial charge in [-0.3, -0.25) is 4.79 Å². The molecule has 1 aromatic carbocycles. The summed E-state index contributed by atoms with van der Waals surface area (Å²) in [5, 5.41) is 20.5. The number of phenolic OH excluding ortho intramolecular Hbond substituents is 1. The summed E-state index contributed by atoms with van der Waals surface area (Å²) in [4.78, 5) is 33.1. The molecule has 1 heterocycles. The Balaban J connectivity index is 2.23. The van der Waals surface area contributed by atoms with Crippen LogP contribution < -0.4 is 10.9 Å². The number of rotatable bonds is 4. The van der Waals surface area contributed by atoms with Crippen molar-refractivity contribution in [1.82, 2.24) is 5.32 Å². The summed E-state index contributed by atoms with van der Waals surface area (Å²) in [5.41, 5.74) is -0.172. The molecule has 3 N–H and O–H groups in total. The predicted molar refractivity (Wildman–Crippen MR) is 77.7 cm³/mol. The topological polar surface area (TPSA) is 126 Å². The molecule has 116 valence electrons. The second kappa shape index (κ2) is 6.48. The quantitative estimate of drug-likeness (QED) is 0.696. The third kappa shape index (κ3) is 3.76. The molecule has 2 aromatic rings. The van der Waals surface area contributed by atoms with Crippen LogP contribution in [0.15, 0.2) is 31.9 Å². The van der Waals surface area contributed by atoms with E-state index >= 15 is 0 Å². The Kier molecular flexibility index (Phi) is 4.66. The number of alkyl carbamates (subject to hydrolysis) is 1. The van der Waals surface area contributed by atoms with E-state index in [0.29, 0.717) is 15.4 Å². The van der Waals surface area contributed by atoms with E-state index in [4.69, 9.17) is 14.3 Å². The molecule has 0 saturated carbocycles. The van der Waals surface area contributed by atoms with E-state index in [-0.39, 0.29) is 17.9 Å². The maximum Gasteiger partial charge on any atom is 0.407 e. The summed E-state index contributed by atoms with van der Waals surface area (Å²) in [6.45, 7) is -0.833. The molecule has 0 spiro atoms. The van der Waals surface area contributed by atoms with Crippen LogP contribution in [-0.4, -0.2) is 28.8 Å². The van der Waals surface area contributed by atoms with Gasteiger partial charge in [-0.05, 0) is 22.0 Å². The third-order valence-electron chi connectivity index (χ3n) is 2.64. The van der Waals surface area contributed by atoms with Crippen molar-refractivity contribution < 1.29 is 29.0 Å². The molecule has 0 saturated heterocycles. The number of aliphatic carboxylic acids is 1. The number of carbonyl (C=O) groups excluding carboxylic acids is 1. The van der Waals surface area contributed by atoms with Crippen molar-refractivity contribution in [2.75, 3.05) is 6.54 Å². The lowest BCUT2D eigenvalue weighted by Gasteiger charge is -2.08. The zero-order valence-electron chi connectivity index (χ0n) is 11.0. The van der Waals surface area contributed by atoms with Gasteiger partial charge in [0.25, 0.3) is 0 Å². The fraction of sp³-hybridized carbons (Fsp3) is 0.154. The molecule has 22 heavy (non-hydrogen) atoms. The van der Waals surface area contributed by atoms with Gasteiger partial charge in [0, 0.05) is 23.1 Å². The summed E-state index contributed by atoms with van der Waals surface area (Å²) in [7, 11) is 0. The maximum absolute atomic E-state index is 11.5. The van der Waals surface area contributed by atoms with Crippen molar-refractivity contribution in [3.05, 3.63) is 38.7 Å². The molecule has 2 rings (SSSR count). The lowest BCUT2D eigenvalue weighted by molar-refractivity contribution is -0.135.